The first kappa shape index (κ1) is 35.6. The third kappa shape index (κ3) is 6.88. The second-order valence-electron chi connectivity index (χ2n) is 16.1. The molecule has 46 heavy (non-hydrogen) atoms. The molecule has 7 nitrogen and oxygen atoms in total. The van der Waals surface area contributed by atoms with E-state index >= 15 is 0 Å². The van der Waals surface area contributed by atoms with E-state index in [1.54, 1.807) is 6.08 Å². The Morgan fingerprint density at radius 2 is 1.50 bits per heavy atom. The molecule has 260 valence electrons. The van der Waals surface area contributed by atoms with Gasteiger partial charge in [-0.3, -0.25) is 4.79 Å². The van der Waals surface area contributed by atoms with E-state index in [9.17, 15) is 24.6 Å². The normalized spacial score (nSPS) is 38.3. The summed E-state index contributed by atoms with van der Waals surface area (Å²) in [5, 5.41) is 24.6. The van der Waals surface area contributed by atoms with Gasteiger partial charge in [0.25, 0.3) is 0 Å². The van der Waals surface area contributed by atoms with E-state index in [0.717, 1.165) is 50.4 Å². The smallest absolute Gasteiger partial charge is 0.331 e. The number of carbonyl (C=O) groups excluding carboxylic acids is 3. The fraction of sp³-hybridized carbons (Fsp3) is 0.872. The van der Waals surface area contributed by atoms with E-state index in [-0.39, 0.29) is 35.8 Å². The Bertz CT molecular complexity index is 1100. The summed E-state index contributed by atoms with van der Waals surface area (Å²) in [7, 11) is 0. The van der Waals surface area contributed by atoms with Gasteiger partial charge >= 0.3 is 11.9 Å². The standard InChI is InChI=1S/C39H62O7/c1-3-4-5-6-7-8-9-10-11-12-13-14-15-16-34(41)46-30-17-22-37(28-40)32-18-21-36(2)31(29-25-35(42)45-27-29)20-24-39(36,44)33(32)19-23-38(37,43)26-30/h25,28,30-33,43-44H,3-24,26-27H2,1-2H3/t30-,31+,32-,33+,36+,37-,38-,39?/m0/s1. The summed E-state index contributed by atoms with van der Waals surface area (Å²) in [5.41, 5.74) is -2.53. The predicted octanol–water partition coefficient (Wildman–Crippen LogP) is 7.93. The van der Waals surface area contributed by atoms with E-state index in [4.69, 9.17) is 9.47 Å². The molecule has 4 saturated carbocycles. The fourth-order valence-corrected chi connectivity index (χ4v) is 10.9. The number of hydrogen-bond acceptors (Lipinski definition) is 7. The van der Waals surface area contributed by atoms with Gasteiger partial charge in [-0.05, 0) is 81.1 Å². The monoisotopic (exact) mass is 642 g/mol. The molecule has 1 unspecified atom stereocenters. The Hall–Kier alpha value is -1.73. The molecule has 0 amide bonds. The highest BCUT2D eigenvalue weighted by atomic mass is 16.5. The second-order valence-corrected chi connectivity index (χ2v) is 16.1. The minimum Gasteiger partial charge on any atom is -0.462 e. The van der Waals surface area contributed by atoms with Gasteiger partial charge in [-0.2, -0.15) is 0 Å². The van der Waals surface area contributed by atoms with Crippen molar-refractivity contribution in [1.82, 2.24) is 0 Å². The zero-order chi connectivity index (χ0) is 32.8. The van der Waals surface area contributed by atoms with Crippen molar-refractivity contribution in [3.8, 4) is 0 Å². The lowest BCUT2D eigenvalue weighted by Gasteiger charge is -2.65. The van der Waals surface area contributed by atoms with E-state index in [2.05, 4.69) is 13.8 Å². The third-order valence-electron chi connectivity index (χ3n) is 13.6. The van der Waals surface area contributed by atoms with Crippen LogP contribution in [0.15, 0.2) is 11.6 Å². The lowest BCUT2D eigenvalue weighted by molar-refractivity contribution is -0.249. The molecule has 2 N–H and O–H groups in total. The average Bonchev–Trinajstić information content (AvgIpc) is 3.58. The molecule has 0 spiro atoms. The molecule has 4 aliphatic carbocycles. The van der Waals surface area contributed by atoms with E-state index in [1.165, 1.54) is 64.2 Å². The zero-order valence-electron chi connectivity index (χ0n) is 28.9. The van der Waals surface area contributed by atoms with Crippen molar-refractivity contribution in [2.75, 3.05) is 6.61 Å². The number of unbranched alkanes of at least 4 members (excludes halogenated alkanes) is 12. The minimum atomic E-state index is -1.23. The number of esters is 2. The molecule has 0 saturated heterocycles. The maximum absolute atomic E-state index is 13.0. The number of aliphatic hydroxyl groups is 2. The van der Waals surface area contributed by atoms with Crippen LogP contribution in [0.3, 0.4) is 0 Å². The molecule has 0 aromatic heterocycles. The highest BCUT2D eigenvalue weighted by molar-refractivity contribution is 5.85. The van der Waals surface area contributed by atoms with Gasteiger partial charge in [0.15, 0.2) is 0 Å². The van der Waals surface area contributed by atoms with Crippen LogP contribution in [0.5, 0.6) is 0 Å². The molecule has 1 aliphatic heterocycles. The van der Waals surface area contributed by atoms with Crippen molar-refractivity contribution in [2.45, 2.75) is 179 Å². The summed E-state index contributed by atoms with van der Waals surface area (Å²) < 4.78 is 11.1. The molecule has 0 radical (unpaired) electrons. The molecule has 1 heterocycles. The molecule has 0 bridgehead atoms. The number of aldehydes is 1. The number of fused-ring (bicyclic) bond motifs is 5. The van der Waals surface area contributed by atoms with Crippen molar-refractivity contribution in [3.63, 3.8) is 0 Å². The molecule has 5 rings (SSSR count). The van der Waals surface area contributed by atoms with Gasteiger partial charge in [0.1, 0.15) is 19.0 Å². The number of carbonyl (C=O) groups is 3. The Labute approximate surface area is 277 Å². The van der Waals surface area contributed by atoms with Crippen LogP contribution >= 0.6 is 0 Å². The van der Waals surface area contributed by atoms with Crippen LogP contribution in [0.1, 0.15) is 162 Å². The molecule has 7 heteroatoms. The first-order valence-corrected chi connectivity index (χ1v) is 19.1. The molecule has 0 aromatic rings. The molecular weight excluding hydrogens is 580 g/mol. The second kappa shape index (κ2) is 15.2. The van der Waals surface area contributed by atoms with Crippen LogP contribution < -0.4 is 0 Å². The van der Waals surface area contributed by atoms with Gasteiger partial charge in [-0.1, -0.05) is 90.9 Å². The van der Waals surface area contributed by atoms with E-state index in [1.807, 2.05) is 0 Å². The Kier molecular flexibility index (Phi) is 11.8. The lowest BCUT2D eigenvalue weighted by atomic mass is 9.41. The number of cyclic esters (lactones) is 1. The molecule has 8 atom stereocenters. The van der Waals surface area contributed by atoms with Crippen LogP contribution in [0, 0.1) is 28.6 Å². The van der Waals surface area contributed by atoms with E-state index in [0.29, 0.717) is 51.6 Å². The summed E-state index contributed by atoms with van der Waals surface area (Å²) in [6.07, 6.45) is 24.4. The fourth-order valence-electron chi connectivity index (χ4n) is 10.9. The molecule has 4 fully saturated rings. The first-order chi connectivity index (χ1) is 22.1. The van der Waals surface area contributed by atoms with Crippen molar-refractivity contribution >= 4 is 18.2 Å². The molecule has 0 aromatic carbocycles. The minimum absolute atomic E-state index is 0.0861. The average molecular weight is 643 g/mol. The van der Waals surface area contributed by atoms with Crippen LogP contribution in [0.4, 0.5) is 0 Å². The quantitative estimate of drug-likeness (QED) is 0.0942. The van der Waals surface area contributed by atoms with Crippen LogP contribution in [-0.2, 0) is 23.9 Å². The highest BCUT2D eigenvalue weighted by Crippen LogP contribution is 2.70. The topological polar surface area (TPSA) is 110 Å². The van der Waals surface area contributed by atoms with Gasteiger partial charge in [-0.15, -0.1) is 0 Å². The van der Waals surface area contributed by atoms with Gasteiger partial charge in [0, 0.05) is 24.3 Å². The Morgan fingerprint density at radius 3 is 2.11 bits per heavy atom. The van der Waals surface area contributed by atoms with Gasteiger partial charge in [0.05, 0.1) is 16.6 Å². The summed E-state index contributed by atoms with van der Waals surface area (Å²) in [4.78, 5) is 37.6. The van der Waals surface area contributed by atoms with Gasteiger partial charge in [-0.25, -0.2) is 4.79 Å². The van der Waals surface area contributed by atoms with E-state index < -0.39 is 22.0 Å². The SMILES string of the molecule is CCCCCCCCCCCCCCCC(=O)O[C@H]1CC[C@]2(C=O)[C@H]3CC[C@]4(C)[C@@H](C5=CC(=O)OC5)CCC4(O)[C@@H]3CC[C@]2(O)C1. The lowest BCUT2D eigenvalue weighted by Crippen LogP contribution is -2.69. The van der Waals surface area contributed by atoms with Crippen LogP contribution in [-0.4, -0.2) is 52.4 Å². The predicted molar refractivity (Wildman–Crippen MR) is 178 cm³/mol. The Balaban J connectivity index is 1.06. The zero-order valence-corrected chi connectivity index (χ0v) is 28.9. The Morgan fingerprint density at radius 1 is 0.870 bits per heavy atom. The first-order valence-electron chi connectivity index (χ1n) is 19.1. The van der Waals surface area contributed by atoms with Crippen molar-refractivity contribution < 1.29 is 34.1 Å². The third-order valence-corrected chi connectivity index (χ3v) is 13.6. The maximum atomic E-state index is 13.0. The number of rotatable bonds is 17. The van der Waals surface area contributed by atoms with Gasteiger partial charge < -0.3 is 24.5 Å². The summed E-state index contributed by atoms with van der Waals surface area (Å²) in [5.74, 6) is -0.601. The number of hydrogen-bond donors (Lipinski definition) is 2. The molecule has 5 aliphatic rings. The molecular formula is C39H62O7. The van der Waals surface area contributed by atoms with Crippen molar-refractivity contribution in [1.29, 1.82) is 0 Å². The number of ether oxygens (including phenoxy) is 2. The van der Waals surface area contributed by atoms with Crippen molar-refractivity contribution in [3.05, 3.63) is 11.6 Å². The van der Waals surface area contributed by atoms with Crippen molar-refractivity contribution in [2.24, 2.45) is 28.6 Å². The maximum Gasteiger partial charge on any atom is 0.331 e. The summed E-state index contributed by atoms with van der Waals surface area (Å²) in [6, 6.07) is 0. The van der Waals surface area contributed by atoms with Gasteiger partial charge in [0.2, 0.25) is 0 Å². The van der Waals surface area contributed by atoms with Crippen LogP contribution in [0.2, 0.25) is 0 Å². The largest absolute Gasteiger partial charge is 0.462 e. The van der Waals surface area contributed by atoms with Crippen LogP contribution in [0.25, 0.3) is 0 Å². The summed E-state index contributed by atoms with van der Waals surface area (Å²) in [6.45, 7) is 4.73. The highest BCUT2D eigenvalue weighted by Gasteiger charge is 2.71. The summed E-state index contributed by atoms with van der Waals surface area (Å²) >= 11 is 0.